The van der Waals surface area contributed by atoms with Gasteiger partial charge in [0.05, 0.1) is 6.61 Å². The van der Waals surface area contributed by atoms with Crippen LogP contribution < -0.4 is 0 Å². The summed E-state index contributed by atoms with van der Waals surface area (Å²) in [7, 11) is -4.75. The van der Waals surface area contributed by atoms with E-state index in [0.29, 0.717) is 12.8 Å². The van der Waals surface area contributed by atoms with Crippen LogP contribution in [-0.4, -0.2) is 41.0 Å². The highest BCUT2D eigenvalue weighted by Crippen LogP contribution is 2.36. The van der Waals surface area contributed by atoms with Crippen molar-refractivity contribution < 1.29 is 37.9 Å². The van der Waals surface area contributed by atoms with Crippen LogP contribution in [0.3, 0.4) is 0 Å². The molecule has 0 aromatic rings. The molecule has 0 rings (SSSR count). The lowest BCUT2D eigenvalue weighted by molar-refractivity contribution is -0.161. The van der Waals surface area contributed by atoms with Crippen molar-refractivity contribution in [3.63, 3.8) is 0 Å². The third-order valence-corrected chi connectivity index (χ3v) is 8.93. The van der Waals surface area contributed by atoms with Gasteiger partial charge in [-0.25, -0.2) is 4.57 Å². The summed E-state index contributed by atoms with van der Waals surface area (Å²) < 4.78 is 26.3. The van der Waals surface area contributed by atoms with Crippen LogP contribution in [0.5, 0.6) is 0 Å². The average molecular weight is 701 g/mol. The van der Waals surface area contributed by atoms with E-state index >= 15 is 0 Å². The lowest BCUT2D eigenvalue weighted by Crippen LogP contribution is -2.29. The summed E-state index contributed by atoms with van der Waals surface area (Å²) >= 11 is 0. The number of esters is 2. The van der Waals surface area contributed by atoms with Gasteiger partial charge in [0.15, 0.2) is 6.10 Å². The largest absolute Gasteiger partial charge is 0.469 e. The smallest absolute Gasteiger partial charge is 0.462 e. The maximum absolute atomic E-state index is 12.4. The molecule has 0 aliphatic carbocycles. The first-order valence-corrected chi connectivity index (χ1v) is 21.2. The van der Waals surface area contributed by atoms with E-state index in [1.807, 2.05) is 0 Å². The van der Waals surface area contributed by atoms with Crippen LogP contribution in [0.25, 0.3) is 0 Å². The topological polar surface area (TPSA) is 119 Å². The standard InChI is InChI=1S/C39H73O8P/c1-3-5-7-9-11-13-15-17-18-19-20-22-24-26-28-30-32-34-39(41)47-37(36-46-48(42,43)44)35-45-38(40)33-31-29-27-25-23-21-16-14-12-10-8-6-4-2/h13,15,21,23,37H,3-12,14,16-20,22,24-36H2,1-2H3,(H2,42,43,44)/b15-13+,23-21+/t37-/m1/s1. The third kappa shape index (κ3) is 37.4. The predicted molar refractivity (Wildman–Crippen MR) is 198 cm³/mol. The Morgan fingerprint density at radius 2 is 0.875 bits per heavy atom. The van der Waals surface area contributed by atoms with Crippen LogP contribution in [0.1, 0.15) is 194 Å². The van der Waals surface area contributed by atoms with Crippen molar-refractivity contribution in [3.05, 3.63) is 24.3 Å². The Bertz CT molecular complexity index is 838. The zero-order valence-corrected chi connectivity index (χ0v) is 31.8. The van der Waals surface area contributed by atoms with Gasteiger partial charge in [0.1, 0.15) is 6.61 Å². The molecule has 8 nitrogen and oxygen atoms in total. The van der Waals surface area contributed by atoms with Gasteiger partial charge in [-0.2, -0.15) is 0 Å². The fourth-order valence-electron chi connectivity index (χ4n) is 5.48. The van der Waals surface area contributed by atoms with Gasteiger partial charge in [-0.3, -0.25) is 14.1 Å². The molecule has 0 heterocycles. The fraction of sp³-hybridized carbons (Fsp3) is 0.846. The fourth-order valence-corrected chi connectivity index (χ4v) is 5.84. The summed E-state index contributed by atoms with van der Waals surface area (Å²) in [6.45, 7) is 3.65. The Labute approximate surface area is 294 Å². The summed E-state index contributed by atoms with van der Waals surface area (Å²) in [5.74, 6) is -0.902. The number of rotatable bonds is 36. The van der Waals surface area contributed by atoms with Crippen molar-refractivity contribution in [2.24, 2.45) is 0 Å². The molecule has 0 aromatic heterocycles. The molecular weight excluding hydrogens is 627 g/mol. The van der Waals surface area contributed by atoms with Gasteiger partial charge in [-0.05, 0) is 64.2 Å². The zero-order chi connectivity index (χ0) is 35.4. The number of unbranched alkanes of at least 4 members (excludes halogenated alkanes) is 22. The monoisotopic (exact) mass is 701 g/mol. The van der Waals surface area contributed by atoms with Crippen molar-refractivity contribution in [1.29, 1.82) is 0 Å². The first kappa shape index (κ1) is 46.5. The summed E-state index contributed by atoms with van der Waals surface area (Å²) in [5, 5.41) is 0. The molecule has 9 heteroatoms. The molecule has 0 unspecified atom stereocenters. The van der Waals surface area contributed by atoms with Gasteiger partial charge in [0, 0.05) is 12.8 Å². The lowest BCUT2D eigenvalue weighted by atomic mass is 10.1. The van der Waals surface area contributed by atoms with E-state index in [1.54, 1.807) is 0 Å². The van der Waals surface area contributed by atoms with Gasteiger partial charge in [0.25, 0.3) is 0 Å². The van der Waals surface area contributed by atoms with Crippen molar-refractivity contribution in [1.82, 2.24) is 0 Å². The Balaban J connectivity index is 3.95. The van der Waals surface area contributed by atoms with Crippen molar-refractivity contribution in [3.8, 4) is 0 Å². The molecule has 0 saturated carbocycles. The molecule has 0 aliphatic heterocycles. The molecule has 2 N–H and O–H groups in total. The predicted octanol–water partition coefficient (Wildman–Crippen LogP) is 11.6. The van der Waals surface area contributed by atoms with E-state index in [9.17, 15) is 14.2 Å². The molecule has 0 radical (unpaired) electrons. The van der Waals surface area contributed by atoms with Gasteiger partial charge in [0.2, 0.25) is 0 Å². The summed E-state index contributed by atoms with van der Waals surface area (Å²) in [6.07, 6.45) is 39.0. The van der Waals surface area contributed by atoms with Crippen LogP contribution in [0.15, 0.2) is 24.3 Å². The number of hydrogen-bond donors (Lipinski definition) is 2. The quantitative estimate of drug-likeness (QED) is 0.0287. The second kappa shape index (κ2) is 35.4. The van der Waals surface area contributed by atoms with Crippen LogP contribution in [0, 0.1) is 0 Å². The SMILES string of the molecule is CCCCCC/C=C/CCCCCCCCCCCC(=O)O[C@H](COC(=O)CCCCC/C=C/CCCCCCCC)COP(=O)(O)O. The number of ether oxygens (including phenoxy) is 2. The first-order valence-electron chi connectivity index (χ1n) is 19.6. The van der Waals surface area contributed by atoms with Gasteiger partial charge >= 0.3 is 19.8 Å². The number of phosphoric ester groups is 1. The molecule has 282 valence electrons. The van der Waals surface area contributed by atoms with E-state index in [0.717, 1.165) is 44.9 Å². The van der Waals surface area contributed by atoms with Crippen molar-refractivity contribution in [2.45, 2.75) is 200 Å². The minimum absolute atomic E-state index is 0.208. The van der Waals surface area contributed by atoms with Crippen molar-refractivity contribution in [2.75, 3.05) is 13.2 Å². The molecule has 0 spiro atoms. The van der Waals surface area contributed by atoms with Crippen LogP contribution in [0.2, 0.25) is 0 Å². The highest BCUT2D eigenvalue weighted by atomic mass is 31.2. The Kier molecular flexibility index (Phi) is 34.3. The number of hydrogen-bond acceptors (Lipinski definition) is 6. The lowest BCUT2D eigenvalue weighted by Gasteiger charge is -2.18. The summed E-state index contributed by atoms with van der Waals surface area (Å²) in [6, 6.07) is 0. The molecular formula is C39H73O8P. The third-order valence-electron chi connectivity index (χ3n) is 8.44. The molecule has 48 heavy (non-hydrogen) atoms. The Hall–Kier alpha value is -1.47. The Morgan fingerprint density at radius 1 is 0.521 bits per heavy atom. The molecule has 0 bridgehead atoms. The second-order valence-electron chi connectivity index (χ2n) is 13.2. The van der Waals surface area contributed by atoms with Crippen LogP contribution >= 0.6 is 7.82 Å². The maximum atomic E-state index is 12.4. The minimum atomic E-state index is -4.75. The zero-order valence-electron chi connectivity index (χ0n) is 30.9. The van der Waals surface area contributed by atoms with E-state index < -0.39 is 32.5 Å². The van der Waals surface area contributed by atoms with E-state index in [-0.39, 0.29) is 19.4 Å². The molecule has 0 saturated heterocycles. The van der Waals surface area contributed by atoms with Gasteiger partial charge in [-0.15, -0.1) is 0 Å². The van der Waals surface area contributed by atoms with Crippen LogP contribution in [0.4, 0.5) is 0 Å². The normalized spacial score (nSPS) is 12.7. The van der Waals surface area contributed by atoms with Crippen molar-refractivity contribution >= 4 is 19.8 Å². The second-order valence-corrected chi connectivity index (χ2v) is 14.5. The molecule has 0 aliphatic rings. The highest BCUT2D eigenvalue weighted by molar-refractivity contribution is 7.46. The number of phosphoric acid groups is 1. The maximum Gasteiger partial charge on any atom is 0.469 e. The molecule has 0 amide bonds. The first-order chi connectivity index (χ1) is 23.3. The van der Waals surface area contributed by atoms with Gasteiger partial charge in [-0.1, -0.05) is 141 Å². The van der Waals surface area contributed by atoms with E-state index in [4.69, 9.17) is 19.3 Å². The number of allylic oxidation sites excluding steroid dienone is 4. The van der Waals surface area contributed by atoms with Gasteiger partial charge < -0.3 is 19.3 Å². The Morgan fingerprint density at radius 3 is 1.31 bits per heavy atom. The number of carbonyl (C=O) groups is 2. The summed E-state index contributed by atoms with van der Waals surface area (Å²) in [4.78, 5) is 42.7. The van der Waals surface area contributed by atoms with Crippen LogP contribution in [-0.2, 0) is 28.2 Å². The van der Waals surface area contributed by atoms with E-state index in [2.05, 4.69) is 42.7 Å². The highest BCUT2D eigenvalue weighted by Gasteiger charge is 2.22. The number of carbonyl (C=O) groups excluding carboxylic acids is 2. The molecule has 0 fully saturated rings. The molecule has 1 atom stereocenters. The summed E-state index contributed by atoms with van der Waals surface area (Å²) in [5.41, 5.74) is 0. The average Bonchev–Trinajstić information content (AvgIpc) is 3.05. The van der Waals surface area contributed by atoms with E-state index in [1.165, 1.54) is 109 Å². The minimum Gasteiger partial charge on any atom is -0.462 e. The molecule has 0 aromatic carbocycles.